The number of amides is 1. The Hall–Kier alpha value is -4.21. The van der Waals surface area contributed by atoms with Gasteiger partial charge in [-0.2, -0.15) is 13.2 Å². The molecule has 5 rings (SSSR count). The Morgan fingerprint density at radius 3 is 2.00 bits per heavy atom. The summed E-state index contributed by atoms with van der Waals surface area (Å²) in [5.41, 5.74) is 1.88. The van der Waals surface area contributed by atoms with Crippen molar-refractivity contribution in [1.82, 2.24) is 5.32 Å². The lowest BCUT2D eigenvalue weighted by atomic mass is 9.98. The maximum atomic E-state index is 13.2. The van der Waals surface area contributed by atoms with Gasteiger partial charge in [-0.1, -0.05) is 72.8 Å². The fraction of sp³-hybridized carbons (Fsp3) is 0.231. The first kappa shape index (κ1) is 23.5. The molecule has 0 fully saturated rings. The maximum absolute atomic E-state index is 13.2. The molecule has 10 heteroatoms. The van der Waals surface area contributed by atoms with Gasteiger partial charge in [0.1, 0.15) is 12.6 Å². The number of nitrogens with zero attached hydrogens (tertiary/aromatic N) is 2. The minimum absolute atomic E-state index is 0.0213. The van der Waals surface area contributed by atoms with Crippen LogP contribution in [0.15, 0.2) is 83.0 Å². The highest BCUT2D eigenvalue weighted by molar-refractivity contribution is 5.81. The summed E-state index contributed by atoms with van der Waals surface area (Å²) < 4.78 is 44.9. The molecule has 1 amide bonds. The van der Waals surface area contributed by atoms with Gasteiger partial charge < -0.3 is 15.2 Å². The molecule has 0 spiro atoms. The molecule has 1 unspecified atom stereocenters. The molecule has 184 valence electrons. The van der Waals surface area contributed by atoms with E-state index < -0.39 is 29.9 Å². The van der Waals surface area contributed by atoms with Crippen molar-refractivity contribution in [3.8, 4) is 11.1 Å². The van der Waals surface area contributed by atoms with E-state index in [1.165, 1.54) is 24.3 Å². The summed E-state index contributed by atoms with van der Waals surface area (Å²) in [5, 5.41) is 18.2. The lowest BCUT2D eigenvalue weighted by Gasteiger charge is -2.18. The lowest BCUT2D eigenvalue weighted by Crippen LogP contribution is -2.42. The van der Waals surface area contributed by atoms with Gasteiger partial charge >= 0.3 is 23.9 Å². The van der Waals surface area contributed by atoms with Crippen LogP contribution in [-0.4, -0.2) is 36.0 Å². The first-order valence-electron chi connectivity index (χ1n) is 11.1. The molecule has 1 atom stereocenters. The SMILES string of the molecule is O=C(NC(Cc1ccc(C2(C(F)(F)F)N=N2)cc1)C(=O)O)OCC1c2ccccc2-c2ccccc21. The van der Waals surface area contributed by atoms with Gasteiger partial charge in [0.2, 0.25) is 0 Å². The number of fused-ring (bicyclic) bond motifs is 3. The summed E-state index contributed by atoms with van der Waals surface area (Å²) in [4.78, 5) is 24.2. The fourth-order valence-electron chi connectivity index (χ4n) is 4.53. The number of benzene rings is 3. The van der Waals surface area contributed by atoms with E-state index in [9.17, 15) is 27.9 Å². The predicted molar refractivity (Wildman–Crippen MR) is 122 cm³/mol. The number of alkyl halides is 3. The molecule has 7 nitrogen and oxygen atoms in total. The molecule has 0 saturated carbocycles. The van der Waals surface area contributed by atoms with Crippen LogP contribution in [-0.2, 0) is 21.6 Å². The number of aliphatic carboxylic acids is 1. The first-order valence-corrected chi connectivity index (χ1v) is 11.1. The summed E-state index contributed by atoms with van der Waals surface area (Å²) in [6.45, 7) is 0.0213. The van der Waals surface area contributed by atoms with Crippen LogP contribution in [0.4, 0.5) is 18.0 Å². The Morgan fingerprint density at radius 1 is 0.944 bits per heavy atom. The number of carboxylic acid groups (broad SMARTS) is 1. The quantitative estimate of drug-likeness (QED) is 0.458. The van der Waals surface area contributed by atoms with Crippen LogP contribution in [0.5, 0.6) is 0 Å². The Morgan fingerprint density at radius 2 is 1.50 bits per heavy atom. The summed E-state index contributed by atoms with van der Waals surface area (Å²) in [5.74, 6) is -1.48. The summed E-state index contributed by atoms with van der Waals surface area (Å²) in [7, 11) is 0. The number of carboxylic acids is 1. The molecular formula is C26H20F3N3O4. The largest absolute Gasteiger partial charge is 0.480 e. The van der Waals surface area contributed by atoms with Gasteiger partial charge in [-0.15, -0.1) is 10.2 Å². The molecule has 2 aliphatic rings. The third kappa shape index (κ3) is 4.19. The van der Waals surface area contributed by atoms with Crippen molar-refractivity contribution in [2.45, 2.75) is 30.2 Å². The molecule has 1 heterocycles. The molecule has 0 saturated heterocycles. The number of hydrogen-bond donors (Lipinski definition) is 2. The number of rotatable bonds is 7. The van der Waals surface area contributed by atoms with E-state index >= 15 is 0 Å². The zero-order valence-electron chi connectivity index (χ0n) is 18.7. The molecule has 1 aliphatic carbocycles. The zero-order valence-corrected chi connectivity index (χ0v) is 18.7. The molecule has 2 N–H and O–H groups in total. The zero-order chi connectivity index (χ0) is 25.5. The van der Waals surface area contributed by atoms with Gasteiger partial charge in [-0.3, -0.25) is 0 Å². The van der Waals surface area contributed by atoms with Crippen molar-refractivity contribution in [3.05, 3.63) is 95.1 Å². The van der Waals surface area contributed by atoms with E-state index in [0.717, 1.165) is 22.3 Å². The third-order valence-corrected chi connectivity index (χ3v) is 6.43. The topological polar surface area (TPSA) is 100 Å². The van der Waals surface area contributed by atoms with E-state index in [2.05, 4.69) is 15.5 Å². The Balaban J connectivity index is 1.23. The number of carbonyl (C=O) groups excluding carboxylic acids is 1. The monoisotopic (exact) mass is 495 g/mol. The van der Waals surface area contributed by atoms with Crippen molar-refractivity contribution in [1.29, 1.82) is 0 Å². The number of nitrogens with one attached hydrogen (secondary N) is 1. The molecule has 3 aromatic carbocycles. The van der Waals surface area contributed by atoms with Gasteiger partial charge in [0.05, 0.1) is 0 Å². The normalized spacial score (nSPS) is 16.1. The molecule has 36 heavy (non-hydrogen) atoms. The van der Waals surface area contributed by atoms with Gasteiger partial charge in [0.25, 0.3) is 0 Å². The van der Waals surface area contributed by atoms with Crippen LogP contribution in [0.25, 0.3) is 11.1 Å². The van der Waals surface area contributed by atoms with Crippen molar-refractivity contribution < 1.29 is 32.6 Å². The Bertz CT molecular complexity index is 1300. The predicted octanol–water partition coefficient (Wildman–Crippen LogP) is 5.40. The Labute approximate surface area is 203 Å². The van der Waals surface area contributed by atoms with Crippen molar-refractivity contribution in [2.75, 3.05) is 6.61 Å². The second-order valence-corrected chi connectivity index (χ2v) is 8.63. The van der Waals surface area contributed by atoms with Crippen molar-refractivity contribution >= 4 is 12.1 Å². The minimum Gasteiger partial charge on any atom is -0.480 e. The average Bonchev–Trinajstić information content (AvgIpc) is 3.62. The van der Waals surface area contributed by atoms with E-state index in [4.69, 9.17) is 4.74 Å². The van der Waals surface area contributed by atoms with Crippen LogP contribution >= 0.6 is 0 Å². The average molecular weight is 495 g/mol. The van der Waals surface area contributed by atoms with Crippen molar-refractivity contribution in [2.24, 2.45) is 10.2 Å². The fourth-order valence-corrected chi connectivity index (χ4v) is 4.53. The maximum Gasteiger partial charge on any atom is 0.442 e. The van der Waals surface area contributed by atoms with Gasteiger partial charge in [-0.25, -0.2) is 9.59 Å². The number of carbonyl (C=O) groups is 2. The van der Waals surface area contributed by atoms with Gasteiger partial charge in [0, 0.05) is 17.9 Å². The number of halogens is 3. The van der Waals surface area contributed by atoms with Crippen LogP contribution in [0.3, 0.4) is 0 Å². The summed E-state index contributed by atoms with van der Waals surface area (Å²) in [6.07, 6.45) is -5.69. The van der Waals surface area contributed by atoms with Crippen LogP contribution < -0.4 is 5.32 Å². The van der Waals surface area contributed by atoms with E-state index in [1.807, 2.05) is 48.5 Å². The second kappa shape index (κ2) is 8.78. The smallest absolute Gasteiger partial charge is 0.442 e. The van der Waals surface area contributed by atoms with Crippen LogP contribution in [0.1, 0.15) is 28.2 Å². The number of alkyl carbamates (subject to hydrolysis) is 1. The number of hydrogen-bond acceptors (Lipinski definition) is 5. The standard InChI is InChI=1S/C26H20F3N3O4/c27-26(28,29)25(31-32-25)16-11-9-15(10-12-16)13-22(23(33)34)30-24(35)36-14-21-19-7-3-1-5-17(19)18-6-2-4-8-20(18)21/h1-12,21-22H,13-14H2,(H,30,35)(H,33,34). The molecule has 0 aromatic heterocycles. The number of ether oxygens (including phenoxy) is 1. The second-order valence-electron chi connectivity index (χ2n) is 8.63. The molecule has 0 radical (unpaired) electrons. The minimum atomic E-state index is -4.65. The summed E-state index contributed by atoms with van der Waals surface area (Å²) in [6, 6.07) is 19.4. The van der Waals surface area contributed by atoms with Crippen molar-refractivity contribution in [3.63, 3.8) is 0 Å². The van der Waals surface area contributed by atoms with Gasteiger partial charge in [-0.05, 0) is 27.8 Å². The van der Waals surface area contributed by atoms with E-state index in [-0.39, 0.29) is 24.5 Å². The van der Waals surface area contributed by atoms with E-state index in [0.29, 0.717) is 5.56 Å². The molecule has 1 aliphatic heterocycles. The summed E-state index contributed by atoms with van der Waals surface area (Å²) >= 11 is 0. The molecule has 3 aromatic rings. The highest BCUT2D eigenvalue weighted by Gasteiger charge is 2.65. The van der Waals surface area contributed by atoms with E-state index in [1.54, 1.807) is 0 Å². The van der Waals surface area contributed by atoms with Gasteiger partial charge in [0.15, 0.2) is 0 Å². The lowest BCUT2D eigenvalue weighted by molar-refractivity contribution is -0.166. The highest BCUT2D eigenvalue weighted by atomic mass is 19.4. The Kier molecular flexibility index (Phi) is 5.74. The first-order chi connectivity index (χ1) is 17.2. The third-order valence-electron chi connectivity index (χ3n) is 6.43. The molecule has 0 bridgehead atoms. The van der Waals surface area contributed by atoms with Crippen LogP contribution in [0.2, 0.25) is 0 Å². The highest BCUT2D eigenvalue weighted by Crippen LogP contribution is 2.52. The molecular weight excluding hydrogens is 475 g/mol. The van der Waals surface area contributed by atoms with Crippen LogP contribution in [0, 0.1) is 0 Å².